The highest BCUT2D eigenvalue weighted by molar-refractivity contribution is 5.76. The van der Waals surface area contributed by atoms with Gasteiger partial charge in [0.1, 0.15) is 0 Å². The lowest BCUT2D eigenvalue weighted by Gasteiger charge is -2.38. The van der Waals surface area contributed by atoms with Crippen LogP contribution in [-0.2, 0) is 16.1 Å². The van der Waals surface area contributed by atoms with Crippen LogP contribution in [0.5, 0.6) is 0 Å². The second-order valence-electron chi connectivity index (χ2n) is 7.27. The predicted octanol–water partition coefficient (Wildman–Crippen LogP) is 2.62. The molecular weight excluding hydrogens is 368 g/mol. The van der Waals surface area contributed by atoms with Gasteiger partial charge in [-0.15, -0.1) is 0 Å². The molecule has 1 atom stereocenters. The number of hydrogen-bond donors (Lipinski definition) is 0. The van der Waals surface area contributed by atoms with Gasteiger partial charge >= 0.3 is 6.09 Å². The number of amides is 2. The van der Waals surface area contributed by atoms with Gasteiger partial charge in [0, 0.05) is 51.7 Å². The summed E-state index contributed by atoms with van der Waals surface area (Å²) in [6.45, 7) is 5.83. The number of carbonyl (C=O) groups excluding carboxylic acids is 2. The van der Waals surface area contributed by atoms with Crippen molar-refractivity contribution in [3.05, 3.63) is 35.4 Å². The zero-order valence-electron chi connectivity index (χ0n) is 16.2. The lowest BCUT2D eigenvalue weighted by Crippen LogP contribution is -2.52. The van der Waals surface area contributed by atoms with Crippen molar-refractivity contribution < 1.29 is 23.1 Å². The number of likely N-dealkylation sites (tertiary alicyclic amines) is 1. The predicted molar refractivity (Wildman–Crippen MR) is 99.6 cm³/mol. The molecular formula is C20H27F2N3O3. The maximum Gasteiger partial charge on any atom is 0.409 e. The first-order valence-corrected chi connectivity index (χ1v) is 9.85. The van der Waals surface area contributed by atoms with Gasteiger partial charge in [-0.25, -0.2) is 13.6 Å². The minimum absolute atomic E-state index is 0.0393. The quantitative estimate of drug-likeness (QED) is 0.787. The van der Waals surface area contributed by atoms with E-state index in [2.05, 4.69) is 4.90 Å². The Labute approximate surface area is 164 Å². The number of carbonyl (C=O) groups is 2. The van der Waals surface area contributed by atoms with E-state index in [9.17, 15) is 18.4 Å². The molecule has 1 aromatic carbocycles. The molecule has 3 rings (SSSR count). The van der Waals surface area contributed by atoms with E-state index in [1.165, 1.54) is 6.07 Å². The lowest BCUT2D eigenvalue weighted by molar-refractivity contribution is -0.131. The fourth-order valence-corrected chi connectivity index (χ4v) is 3.90. The molecule has 2 aliphatic rings. The summed E-state index contributed by atoms with van der Waals surface area (Å²) in [5.74, 6) is -1.73. The first-order chi connectivity index (χ1) is 13.5. The van der Waals surface area contributed by atoms with Gasteiger partial charge < -0.3 is 14.5 Å². The SMILES string of the molecule is CCOC(=O)N1CCN(C2CCC(=O)N(Cc3ccc(F)c(F)c3)CC2)CC1. The van der Waals surface area contributed by atoms with E-state index in [-0.39, 0.29) is 18.0 Å². The highest BCUT2D eigenvalue weighted by atomic mass is 19.2. The molecule has 0 spiro atoms. The Hall–Kier alpha value is -2.22. The third kappa shape index (κ3) is 4.98. The maximum atomic E-state index is 13.4. The molecule has 154 valence electrons. The minimum atomic E-state index is -0.892. The van der Waals surface area contributed by atoms with Crippen molar-refractivity contribution in [1.82, 2.24) is 14.7 Å². The summed E-state index contributed by atoms with van der Waals surface area (Å²) in [5.41, 5.74) is 0.591. The van der Waals surface area contributed by atoms with Crippen LogP contribution in [0.25, 0.3) is 0 Å². The smallest absolute Gasteiger partial charge is 0.409 e. The van der Waals surface area contributed by atoms with Crippen LogP contribution >= 0.6 is 0 Å². The topological polar surface area (TPSA) is 53.1 Å². The zero-order chi connectivity index (χ0) is 20.1. The second kappa shape index (κ2) is 9.32. The number of ether oxygens (including phenoxy) is 1. The standard InChI is InChI=1S/C20H27F2N3O3/c1-2-28-20(27)24-11-9-23(10-12-24)16-4-6-19(26)25(8-7-16)14-15-3-5-17(21)18(22)13-15/h3,5,13,16H,2,4,6-12,14H2,1H3. The second-order valence-corrected chi connectivity index (χ2v) is 7.27. The fourth-order valence-electron chi connectivity index (χ4n) is 3.90. The summed E-state index contributed by atoms with van der Waals surface area (Å²) in [7, 11) is 0. The van der Waals surface area contributed by atoms with E-state index < -0.39 is 11.6 Å². The van der Waals surface area contributed by atoms with E-state index >= 15 is 0 Å². The van der Waals surface area contributed by atoms with Crippen LogP contribution in [0.1, 0.15) is 31.7 Å². The Balaban J connectivity index is 1.53. The van der Waals surface area contributed by atoms with Crippen LogP contribution in [0.15, 0.2) is 18.2 Å². The lowest BCUT2D eigenvalue weighted by atomic mass is 10.1. The van der Waals surface area contributed by atoms with E-state index in [4.69, 9.17) is 4.74 Å². The van der Waals surface area contributed by atoms with E-state index in [0.29, 0.717) is 44.8 Å². The zero-order valence-corrected chi connectivity index (χ0v) is 16.2. The van der Waals surface area contributed by atoms with E-state index in [1.807, 2.05) is 0 Å². The van der Waals surface area contributed by atoms with Crippen molar-refractivity contribution >= 4 is 12.0 Å². The van der Waals surface area contributed by atoms with Gasteiger partial charge in [-0.2, -0.15) is 0 Å². The Kier molecular flexibility index (Phi) is 6.83. The maximum absolute atomic E-state index is 13.4. The number of benzene rings is 1. The van der Waals surface area contributed by atoms with Gasteiger partial charge in [0.05, 0.1) is 6.61 Å². The highest BCUT2D eigenvalue weighted by Crippen LogP contribution is 2.21. The number of nitrogens with zero attached hydrogens (tertiary/aromatic N) is 3. The Morgan fingerprint density at radius 3 is 2.54 bits per heavy atom. The number of piperazine rings is 1. The van der Waals surface area contributed by atoms with Crippen molar-refractivity contribution in [2.45, 2.75) is 38.8 Å². The van der Waals surface area contributed by atoms with Gasteiger partial charge in [0.25, 0.3) is 0 Å². The summed E-state index contributed by atoms with van der Waals surface area (Å²) < 4.78 is 31.6. The van der Waals surface area contributed by atoms with Crippen LogP contribution in [-0.4, -0.2) is 72.1 Å². The van der Waals surface area contributed by atoms with Gasteiger partial charge in [-0.3, -0.25) is 9.69 Å². The average Bonchev–Trinajstić information content (AvgIpc) is 2.87. The third-order valence-corrected chi connectivity index (χ3v) is 5.49. The summed E-state index contributed by atoms with van der Waals surface area (Å²) in [6.07, 6.45) is 1.77. The van der Waals surface area contributed by atoms with Crippen LogP contribution in [0.3, 0.4) is 0 Å². The highest BCUT2D eigenvalue weighted by Gasteiger charge is 2.30. The molecule has 0 bridgehead atoms. The largest absolute Gasteiger partial charge is 0.450 e. The molecule has 6 nitrogen and oxygen atoms in total. The summed E-state index contributed by atoms with van der Waals surface area (Å²) in [4.78, 5) is 30.1. The molecule has 2 amide bonds. The Bertz CT molecular complexity index is 708. The Morgan fingerprint density at radius 1 is 1.11 bits per heavy atom. The van der Waals surface area contributed by atoms with Crippen LogP contribution in [0.2, 0.25) is 0 Å². The molecule has 2 aliphatic heterocycles. The van der Waals surface area contributed by atoms with Crippen molar-refractivity contribution in [2.24, 2.45) is 0 Å². The number of halogens is 2. The number of rotatable bonds is 4. The molecule has 1 unspecified atom stereocenters. The molecule has 1 aromatic rings. The molecule has 0 saturated carbocycles. The molecule has 0 radical (unpaired) electrons. The molecule has 28 heavy (non-hydrogen) atoms. The first-order valence-electron chi connectivity index (χ1n) is 9.85. The van der Waals surface area contributed by atoms with Crippen molar-refractivity contribution in [3.8, 4) is 0 Å². The van der Waals surface area contributed by atoms with Gasteiger partial charge in [0.15, 0.2) is 11.6 Å². The van der Waals surface area contributed by atoms with Crippen molar-refractivity contribution in [2.75, 3.05) is 39.3 Å². The van der Waals surface area contributed by atoms with E-state index in [1.54, 1.807) is 16.7 Å². The molecule has 2 heterocycles. The minimum Gasteiger partial charge on any atom is -0.450 e. The van der Waals surface area contributed by atoms with Gasteiger partial charge in [-0.05, 0) is 37.5 Å². The first kappa shape index (κ1) is 20.5. The molecule has 2 saturated heterocycles. The van der Waals surface area contributed by atoms with Gasteiger partial charge in [-0.1, -0.05) is 6.07 Å². The average molecular weight is 395 g/mol. The van der Waals surface area contributed by atoms with Crippen molar-refractivity contribution in [3.63, 3.8) is 0 Å². The molecule has 0 aromatic heterocycles. The van der Waals surface area contributed by atoms with Crippen LogP contribution < -0.4 is 0 Å². The fraction of sp³-hybridized carbons (Fsp3) is 0.600. The normalized spacial score (nSPS) is 21.5. The molecule has 0 N–H and O–H groups in total. The van der Waals surface area contributed by atoms with E-state index in [0.717, 1.165) is 38.1 Å². The van der Waals surface area contributed by atoms with Gasteiger partial charge in [0.2, 0.25) is 5.91 Å². The third-order valence-electron chi connectivity index (χ3n) is 5.49. The summed E-state index contributed by atoms with van der Waals surface area (Å²) in [6, 6.07) is 4.05. The monoisotopic (exact) mass is 395 g/mol. The van der Waals surface area contributed by atoms with Crippen LogP contribution in [0, 0.1) is 11.6 Å². The number of hydrogen-bond acceptors (Lipinski definition) is 4. The molecule has 8 heteroatoms. The molecule has 2 fully saturated rings. The Morgan fingerprint density at radius 2 is 1.86 bits per heavy atom. The molecule has 0 aliphatic carbocycles. The summed E-state index contributed by atoms with van der Waals surface area (Å²) in [5, 5.41) is 0. The van der Waals surface area contributed by atoms with Crippen molar-refractivity contribution in [1.29, 1.82) is 0 Å². The van der Waals surface area contributed by atoms with Crippen LogP contribution in [0.4, 0.5) is 13.6 Å². The summed E-state index contributed by atoms with van der Waals surface area (Å²) >= 11 is 0.